The van der Waals surface area contributed by atoms with Gasteiger partial charge in [-0.3, -0.25) is 4.99 Å². The second-order valence-corrected chi connectivity index (χ2v) is 12.7. The SMILES string of the molecule is CCCCCCCCCCCCCCCCCCN.CCCCCCCCCCCCCCCCCCN=C(N)N. The molecule has 0 bridgehead atoms. The number of rotatable bonds is 33. The van der Waals surface area contributed by atoms with Crippen LogP contribution in [0.3, 0.4) is 0 Å². The molecule has 0 saturated heterocycles. The second kappa shape index (κ2) is 41.4. The first-order chi connectivity index (χ1) is 20.2. The maximum absolute atomic E-state index is 5.48. The van der Waals surface area contributed by atoms with Crippen LogP contribution in [0.4, 0.5) is 0 Å². The van der Waals surface area contributed by atoms with Gasteiger partial charge in [-0.1, -0.05) is 206 Å². The fourth-order valence-electron chi connectivity index (χ4n) is 5.56. The first-order valence-corrected chi connectivity index (χ1v) is 18.9. The highest BCUT2D eigenvalue weighted by Gasteiger charge is 1.96. The summed E-state index contributed by atoms with van der Waals surface area (Å²) in [5, 5.41) is 0. The fraction of sp³-hybridized carbons (Fsp3) is 0.973. The summed E-state index contributed by atoms with van der Waals surface area (Å²) in [5.41, 5.74) is 16.1. The molecule has 0 aliphatic carbocycles. The zero-order valence-corrected chi connectivity index (χ0v) is 28.7. The summed E-state index contributed by atoms with van der Waals surface area (Å²) in [4.78, 5) is 4.00. The van der Waals surface area contributed by atoms with Crippen LogP contribution in [0.5, 0.6) is 0 Å². The number of nitrogens with two attached hydrogens (primary N) is 3. The molecule has 0 aromatic heterocycles. The summed E-state index contributed by atoms with van der Waals surface area (Å²) in [6.07, 6.45) is 45.1. The van der Waals surface area contributed by atoms with E-state index in [4.69, 9.17) is 17.2 Å². The Balaban J connectivity index is 0. The Kier molecular flexibility index (Phi) is 42.7. The Bertz CT molecular complexity index is 446. The Morgan fingerprint density at radius 1 is 0.341 bits per heavy atom. The fourth-order valence-corrected chi connectivity index (χ4v) is 5.56. The van der Waals surface area contributed by atoms with Crippen molar-refractivity contribution in [2.24, 2.45) is 22.2 Å². The lowest BCUT2D eigenvalue weighted by molar-refractivity contribution is 0.530. The van der Waals surface area contributed by atoms with E-state index in [-0.39, 0.29) is 5.96 Å². The van der Waals surface area contributed by atoms with Crippen LogP contribution < -0.4 is 17.2 Å². The van der Waals surface area contributed by atoms with Crippen molar-refractivity contribution >= 4 is 5.96 Å². The lowest BCUT2D eigenvalue weighted by Gasteiger charge is -2.03. The Labute approximate surface area is 260 Å². The maximum atomic E-state index is 5.48. The summed E-state index contributed by atoms with van der Waals surface area (Å²) >= 11 is 0. The minimum absolute atomic E-state index is 0.223. The maximum Gasteiger partial charge on any atom is 0.185 e. The summed E-state index contributed by atoms with van der Waals surface area (Å²) in [7, 11) is 0. The molecule has 0 fully saturated rings. The smallest absolute Gasteiger partial charge is 0.185 e. The van der Waals surface area contributed by atoms with Crippen molar-refractivity contribution < 1.29 is 0 Å². The summed E-state index contributed by atoms with van der Waals surface area (Å²) in [6.45, 7) is 6.24. The van der Waals surface area contributed by atoms with Gasteiger partial charge in [0.15, 0.2) is 5.96 Å². The van der Waals surface area contributed by atoms with Crippen molar-refractivity contribution in [3.05, 3.63) is 0 Å². The molecule has 0 aromatic rings. The monoisotopic (exact) mass is 581 g/mol. The van der Waals surface area contributed by atoms with Gasteiger partial charge in [-0.25, -0.2) is 0 Å². The van der Waals surface area contributed by atoms with Crippen molar-refractivity contribution in [2.45, 2.75) is 219 Å². The van der Waals surface area contributed by atoms with E-state index < -0.39 is 0 Å². The lowest BCUT2D eigenvalue weighted by atomic mass is 10.0. The molecule has 0 saturated carbocycles. The summed E-state index contributed by atoms with van der Waals surface area (Å²) < 4.78 is 0. The first-order valence-electron chi connectivity index (χ1n) is 18.9. The van der Waals surface area contributed by atoms with Gasteiger partial charge in [0.1, 0.15) is 0 Å². The number of hydrogen-bond donors (Lipinski definition) is 3. The molecule has 0 aliphatic heterocycles. The summed E-state index contributed by atoms with van der Waals surface area (Å²) in [5.74, 6) is 0.223. The van der Waals surface area contributed by atoms with Gasteiger partial charge in [0, 0.05) is 6.54 Å². The molecule has 0 unspecified atom stereocenters. The van der Waals surface area contributed by atoms with E-state index in [0.717, 1.165) is 19.5 Å². The van der Waals surface area contributed by atoms with E-state index in [2.05, 4.69) is 18.8 Å². The number of guanidine groups is 1. The number of nitrogens with zero attached hydrogens (tertiary/aromatic N) is 1. The molecule has 0 rings (SSSR count). The van der Waals surface area contributed by atoms with Gasteiger partial charge in [0.2, 0.25) is 0 Å². The largest absolute Gasteiger partial charge is 0.370 e. The molecular formula is C37H80N4. The number of hydrogen-bond acceptors (Lipinski definition) is 2. The highest BCUT2D eigenvalue weighted by molar-refractivity contribution is 5.75. The molecular weight excluding hydrogens is 500 g/mol. The van der Waals surface area contributed by atoms with Crippen molar-refractivity contribution in [3.8, 4) is 0 Å². The molecule has 0 atom stereocenters. The van der Waals surface area contributed by atoms with Crippen LogP contribution >= 0.6 is 0 Å². The predicted molar refractivity (Wildman–Crippen MR) is 189 cm³/mol. The average molecular weight is 581 g/mol. The van der Waals surface area contributed by atoms with E-state index in [1.54, 1.807) is 0 Å². The first kappa shape index (κ1) is 42.4. The van der Waals surface area contributed by atoms with Crippen molar-refractivity contribution in [1.29, 1.82) is 0 Å². The molecule has 0 aromatic carbocycles. The van der Waals surface area contributed by atoms with Crippen LogP contribution in [-0.4, -0.2) is 19.0 Å². The zero-order chi connectivity index (χ0) is 30.3. The Morgan fingerprint density at radius 3 is 0.780 bits per heavy atom. The molecule has 0 amide bonds. The van der Waals surface area contributed by atoms with Crippen LogP contribution in [0.1, 0.15) is 219 Å². The van der Waals surface area contributed by atoms with Gasteiger partial charge < -0.3 is 17.2 Å². The van der Waals surface area contributed by atoms with E-state index >= 15 is 0 Å². The second-order valence-electron chi connectivity index (χ2n) is 12.7. The third-order valence-corrected chi connectivity index (χ3v) is 8.36. The highest BCUT2D eigenvalue weighted by Crippen LogP contribution is 2.15. The van der Waals surface area contributed by atoms with Crippen molar-refractivity contribution in [2.75, 3.05) is 13.1 Å². The van der Waals surface area contributed by atoms with Crippen LogP contribution in [0.25, 0.3) is 0 Å². The van der Waals surface area contributed by atoms with Crippen LogP contribution in [0.2, 0.25) is 0 Å². The highest BCUT2D eigenvalue weighted by atomic mass is 15.0. The normalized spacial score (nSPS) is 10.9. The van der Waals surface area contributed by atoms with Gasteiger partial charge in [0.25, 0.3) is 0 Å². The third-order valence-electron chi connectivity index (χ3n) is 8.36. The number of unbranched alkanes of at least 4 members (excludes halogenated alkanes) is 30. The molecule has 0 radical (unpaired) electrons. The van der Waals surface area contributed by atoms with Gasteiger partial charge in [0.05, 0.1) is 0 Å². The minimum Gasteiger partial charge on any atom is -0.370 e. The van der Waals surface area contributed by atoms with Gasteiger partial charge in [-0.2, -0.15) is 0 Å². The molecule has 0 aliphatic rings. The van der Waals surface area contributed by atoms with Crippen LogP contribution in [-0.2, 0) is 0 Å². The van der Waals surface area contributed by atoms with E-state index in [1.807, 2.05) is 0 Å². The molecule has 0 spiro atoms. The average Bonchev–Trinajstić information content (AvgIpc) is 2.97. The third kappa shape index (κ3) is 46.4. The van der Waals surface area contributed by atoms with E-state index in [0.29, 0.717) is 0 Å². The summed E-state index contributed by atoms with van der Waals surface area (Å²) in [6, 6.07) is 0. The van der Waals surface area contributed by atoms with Crippen LogP contribution in [0, 0.1) is 0 Å². The zero-order valence-electron chi connectivity index (χ0n) is 28.7. The quantitative estimate of drug-likeness (QED) is 0.0409. The molecule has 4 heteroatoms. The van der Waals surface area contributed by atoms with Crippen molar-refractivity contribution in [1.82, 2.24) is 0 Å². The Morgan fingerprint density at radius 2 is 0.561 bits per heavy atom. The molecule has 6 N–H and O–H groups in total. The molecule has 248 valence electrons. The van der Waals surface area contributed by atoms with Gasteiger partial charge >= 0.3 is 0 Å². The van der Waals surface area contributed by atoms with E-state index in [9.17, 15) is 0 Å². The predicted octanol–water partition coefficient (Wildman–Crippen LogP) is 11.7. The lowest BCUT2D eigenvalue weighted by Crippen LogP contribution is -2.22. The molecule has 4 nitrogen and oxygen atoms in total. The van der Waals surface area contributed by atoms with Crippen LogP contribution in [0.15, 0.2) is 4.99 Å². The van der Waals surface area contributed by atoms with Crippen molar-refractivity contribution in [3.63, 3.8) is 0 Å². The van der Waals surface area contributed by atoms with Gasteiger partial charge in [-0.15, -0.1) is 0 Å². The van der Waals surface area contributed by atoms with Gasteiger partial charge in [-0.05, 0) is 19.4 Å². The molecule has 0 heterocycles. The topological polar surface area (TPSA) is 90.4 Å². The molecule has 41 heavy (non-hydrogen) atoms. The number of aliphatic imine (C=N–C) groups is 1. The minimum atomic E-state index is 0.223. The van der Waals surface area contributed by atoms with E-state index in [1.165, 1.54) is 199 Å². The standard InChI is InChI=1S/C19H41N3.C18H39N/c1-2-3-4-5-6-7-8-9-10-11-12-13-14-15-16-17-18-22-19(20)21;1-2-3-4-5-6-7-8-9-10-11-12-13-14-15-16-17-18-19/h2-18H2,1H3,(H4,20,21,22);2-19H2,1H3. The Hall–Kier alpha value is -0.770.